The molecule has 34 heavy (non-hydrogen) atoms. The zero-order valence-electron chi connectivity index (χ0n) is 19.2. The van der Waals surface area contributed by atoms with Crippen LogP contribution in [0.3, 0.4) is 0 Å². The predicted octanol–water partition coefficient (Wildman–Crippen LogP) is 3.91. The van der Waals surface area contributed by atoms with Gasteiger partial charge in [-0.1, -0.05) is 55.8 Å². The second-order valence-electron chi connectivity index (χ2n) is 7.97. The molecule has 3 aromatic rings. The van der Waals surface area contributed by atoms with Gasteiger partial charge in [-0.3, -0.25) is 0 Å². The molecular formula is C27H28N3O4+. The monoisotopic (exact) mass is 458 g/mol. The van der Waals surface area contributed by atoms with E-state index in [2.05, 4.69) is 12.6 Å². The van der Waals surface area contributed by atoms with Crippen LogP contribution in [0.25, 0.3) is 11.4 Å². The minimum absolute atomic E-state index is 0.0166. The standard InChI is InChI=1S/C27H27N3O4/c1-20(2)27(33)34-18-12-4-3-11-17-23-25(31)29(21-13-7-5-8-14-21)24(19-28)30(26(23)32)22-15-9-6-10-16-22/h5-10,13-16H,1,3-4,11-12,17-18H2,2H3/p+1. The molecule has 0 bridgehead atoms. The number of aromatic nitrogens is 2. The summed E-state index contributed by atoms with van der Waals surface area (Å²) in [7, 11) is 0. The number of unbranched alkanes of at least 4 members (excludes halogenated alkanes) is 3. The average molecular weight is 459 g/mol. The molecule has 1 N–H and O–H groups in total. The third-order valence-corrected chi connectivity index (χ3v) is 5.40. The number of carbonyl (C=O) groups excluding carboxylic acids is 1. The van der Waals surface area contributed by atoms with Crippen LogP contribution in [0.15, 0.2) is 77.6 Å². The molecule has 0 aliphatic heterocycles. The summed E-state index contributed by atoms with van der Waals surface area (Å²) in [5, 5.41) is 21.0. The molecule has 174 valence electrons. The first kappa shape index (κ1) is 24.5. The number of nitrogens with zero attached hydrogens (tertiary/aromatic N) is 3. The summed E-state index contributed by atoms with van der Waals surface area (Å²) in [6.45, 7) is 5.48. The topological polar surface area (TPSA) is 96.2 Å². The van der Waals surface area contributed by atoms with Crippen molar-refractivity contribution in [2.24, 2.45) is 0 Å². The number of aromatic hydroxyl groups is 1. The smallest absolute Gasteiger partial charge is 0.378 e. The van der Waals surface area contributed by atoms with E-state index in [1.807, 2.05) is 12.1 Å². The molecule has 1 heterocycles. The molecular weight excluding hydrogens is 430 g/mol. The average Bonchev–Trinajstić information content (AvgIpc) is 2.85. The van der Waals surface area contributed by atoms with Gasteiger partial charge in [-0.25, -0.2) is 9.59 Å². The van der Waals surface area contributed by atoms with E-state index < -0.39 is 11.5 Å². The zero-order chi connectivity index (χ0) is 24.5. The Morgan fingerprint density at radius 2 is 1.68 bits per heavy atom. The van der Waals surface area contributed by atoms with E-state index in [0.717, 1.165) is 12.8 Å². The van der Waals surface area contributed by atoms with Gasteiger partial charge < -0.3 is 9.84 Å². The highest BCUT2D eigenvalue weighted by molar-refractivity contribution is 5.86. The Morgan fingerprint density at radius 1 is 1.06 bits per heavy atom. The van der Waals surface area contributed by atoms with Crippen molar-refractivity contribution in [2.75, 3.05) is 6.61 Å². The van der Waals surface area contributed by atoms with Crippen LogP contribution in [0, 0.1) is 11.3 Å². The van der Waals surface area contributed by atoms with E-state index in [-0.39, 0.29) is 17.3 Å². The quantitative estimate of drug-likeness (QED) is 0.215. The molecule has 0 atom stereocenters. The Labute approximate surface area is 198 Å². The maximum Gasteiger partial charge on any atom is 0.378 e. The lowest BCUT2D eigenvalue weighted by Gasteiger charge is -2.12. The van der Waals surface area contributed by atoms with Crippen LogP contribution in [-0.4, -0.2) is 22.2 Å². The molecule has 0 aliphatic carbocycles. The molecule has 0 radical (unpaired) electrons. The molecule has 0 spiro atoms. The summed E-state index contributed by atoms with van der Waals surface area (Å²) in [4.78, 5) is 24.9. The van der Waals surface area contributed by atoms with Gasteiger partial charge in [0.05, 0.1) is 6.61 Å². The normalized spacial score (nSPS) is 10.5. The molecule has 0 fully saturated rings. The van der Waals surface area contributed by atoms with Crippen molar-refractivity contribution in [3.63, 3.8) is 0 Å². The van der Waals surface area contributed by atoms with Gasteiger partial charge in [-0.15, -0.1) is 4.57 Å². The Hall–Kier alpha value is -4.18. The maximum absolute atomic E-state index is 13.4. The fourth-order valence-corrected chi connectivity index (χ4v) is 3.66. The van der Waals surface area contributed by atoms with Crippen molar-refractivity contribution < 1.29 is 19.2 Å². The minimum atomic E-state index is -0.414. The lowest BCUT2D eigenvalue weighted by molar-refractivity contribution is -0.612. The number of ether oxygens (including phenoxy) is 1. The van der Waals surface area contributed by atoms with Crippen molar-refractivity contribution >= 4 is 5.97 Å². The summed E-state index contributed by atoms with van der Waals surface area (Å²) in [6, 6.07) is 20.0. The highest BCUT2D eigenvalue weighted by atomic mass is 16.5. The fraction of sp³-hybridized carbons (Fsp3) is 0.259. The van der Waals surface area contributed by atoms with E-state index >= 15 is 0 Å². The number of carbonyl (C=O) groups is 1. The molecule has 7 nitrogen and oxygen atoms in total. The van der Waals surface area contributed by atoms with Crippen LogP contribution in [0.4, 0.5) is 0 Å². The van der Waals surface area contributed by atoms with Crippen LogP contribution in [0.5, 0.6) is 5.88 Å². The first-order valence-electron chi connectivity index (χ1n) is 11.2. The van der Waals surface area contributed by atoms with E-state index in [9.17, 15) is 20.0 Å². The van der Waals surface area contributed by atoms with Crippen molar-refractivity contribution in [3.8, 4) is 23.3 Å². The number of benzene rings is 2. The van der Waals surface area contributed by atoms with Gasteiger partial charge in [-0.2, -0.15) is 9.83 Å². The van der Waals surface area contributed by atoms with Gasteiger partial charge in [0.15, 0.2) is 6.07 Å². The number of hydrogen-bond acceptors (Lipinski definition) is 5. The summed E-state index contributed by atoms with van der Waals surface area (Å²) in [5.41, 5.74) is 1.34. The first-order valence-corrected chi connectivity index (χ1v) is 11.2. The molecule has 0 amide bonds. The van der Waals surface area contributed by atoms with Gasteiger partial charge in [0.25, 0.3) is 5.88 Å². The molecule has 0 saturated heterocycles. The third kappa shape index (κ3) is 5.59. The zero-order valence-corrected chi connectivity index (χ0v) is 19.2. The van der Waals surface area contributed by atoms with Gasteiger partial charge in [0.2, 0.25) is 0 Å². The van der Waals surface area contributed by atoms with Gasteiger partial charge in [0.1, 0.15) is 16.9 Å². The van der Waals surface area contributed by atoms with Crippen LogP contribution >= 0.6 is 0 Å². The highest BCUT2D eigenvalue weighted by Crippen LogP contribution is 2.18. The van der Waals surface area contributed by atoms with Crippen molar-refractivity contribution in [1.82, 2.24) is 4.57 Å². The summed E-state index contributed by atoms with van der Waals surface area (Å²) in [6.07, 6.45) is 3.32. The van der Waals surface area contributed by atoms with E-state index in [4.69, 9.17) is 4.74 Å². The van der Waals surface area contributed by atoms with Gasteiger partial charge in [-0.05, 0) is 50.5 Å². The van der Waals surface area contributed by atoms with Crippen molar-refractivity contribution in [2.45, 2.75) is 39.0 Å². The lowest BCUT2D eigenvalue weighted by Crippen LogP contribution is -2.44. The Morgan fingerprint density at radius 3 is 2.29 bits per heavy atom. The number of para-hydroxylation sites is 2. The summed E-state index contributed by atoms with van der Waals surface area (Å²) < 4.78 is 7.86. The van der Waals surface area contributed by atoms with Crippen LogP contribution in [-0.2, 0) is 16.0 Å². The summed E-state index contributed by atoms with van der Waals surface area (Å²) in [5.74, 6) is -0.604. The van der Waals surface area contributed by atoms with E-state index in [1.165, 1.54) is 9.13 Å². The Balaban J connectivity index is 1.88. The molecule has 3 rings (SSSR count). The summed E-state index contributed by atoms with van der Waals surface area (Å²) >= 11 is 0. The lowest BCUT2D eigenvalue weighted by atomic mass is 10.1. The second-order valence-corrected chi connectivity index (χ2v) is 7.97. The molecule has 1 aromatic heterocycles. The van der Waals surface area contributed by atoms with E-state index in [1.54, 1.807) is 55.5 Å². The van der Waals surface area contributed by atoms with Crippen molar-refractivity contribution in [3.05, 3.63) is 94.6 Å². The second kappa shape index (κ2) is 11.6. The van der Waals surface area contributed by atoms with Crippen LogP contribution < -0.4 is 10.1 Å². The first-order chi connectivity index (χ1) is 16.5. The number of esters is 1. The fourth-order valence-electron chi connectivity index (χ4n) is 3.66. The highest BCUT2D eigenvalue weighted by Gasteiger charge is 2.30. The SMILES string of the molecule is C=C(C)C(=O)OCCCCCCc1c(O)[n+](-c2ccccc2)c(C#N)n(-c2ccccc2)c1=O. The van der Waals surface area contributed by atoms with Crippen LogP contribution in [0.2, 0.25) is 0 Å². The number of hydrogen-bond donors (Lipinski definition) is 1. The Kier molecular flexibility index (Phi) is 8.36. The number of rotatable bonds is 10. The largest absolute Gasteiger partial charge is 0.477 e. The van der Waals surface area contributed by atoms with E-state index in [0.29, 0.717) is 42.8 Å². The third-order valence-electron chi connectivity index (χ3n) is 5.40. The molecule has 0 unspecified atom stereocenters. The molecule has 2 aromatic carbocycles. The van der Waals surface area contributed by atoms with Gasteiger partial charge in [0, 0.05) is 5.57 Å². The number of nitriles is 1. The Bertz CT molecular complexity index is 1260. The van der Waals surface area contributed by atoms with Crippen LogP contribution in [0.1, 0.15) is 44.0 Å². The molecule has 0 aliphatic rings. The molecule has 0 saturated carbocycles. The van der Waals surface area contributed by atoms with Gasteiger partial charge >= 0.3 is 17.4 Å². The minimum Gasteiger partial charge on any atom is -0.477 e. The predicted molar refractivity (Wildman–Crippen MR) is 128 cm³/mol. The maximum atomic E-state index is 13.4. The molecule has 7 heteroatoms. The van der Waals surface area contributed by atoms with Crippen molar-refractivity contribution in [1.29, 1.82) is 5.26 Å².